The van der Waals surface area contributed by atoms with Crippen LogP contribution in [0.5, 0.6) is 0 Å². The SMILES string of the molecule is Cc1onc(-c2ccccc2)c1-c1ccc(C(=O)N(C)C)c(F)c1. The van der Waals surface area contributed by atoms with Crippen molar-refractivity contribution in [1.82, 2.24) is 10.1 Å². The summed E-state index contributed by atoms with van der Waals surface area (Å²) in [6.07, 6.45) is 0. The zero-order valence-corrected chi connectivity index (χ0v) is 13.7. The van der Waals surface area contributed by atoms with Gasteiger partial charge < -0.3 is 9.42 Å². The van der Waals surface area contributed by atoms with Crippen LogP contribution in [0.1, 0.15) is 16.1 Å². The zero-order valence-electron chi connectivity index (χ0n) is 13.7. The maximum absolute atomic E-state index is 14.4. The van der Waals surface area contributed by atoms with E-state index in [1.54, 1.807) is 27.1 Å². The topological polar surface area (TPSA) is 46.3 Å². The molecule has 0 spiro atoms. The lowest BCUT2D eigenvalue weighted by Crippen LogP contribution is -2.22. The van der Waals surface area contributed by atoms with E-state index in [1.807, 2.05) is 30.3 Å². The second-order valence-corrected chi connectivity index (χ2v) is 5.72. The fourth-order valence-electron chi connectivity index (χ4n) is 2.59. The quantitative estimate of drug-likeness (QED) is 0.727. The van der Waals surface area contributed by atoms with Gasteiger partial charge in [-0.2, -0.15) is 0 Å². The summed E-state index contributed by atoms with van der Waals surface area (Å²) in [5, 5.41) is 4.11. The second kappa shape index (κ2) is 6.28. The largest absolute Gasteiger partial charge is 0.360 e. The summed E-state index contributed by atoms with van der Waals surface area (Å²) in [6.45, 7) is 1.78. The van der Waals surface area contributed by atoms with E-state index in [0.29, 0.717) is 17.0 Å². The van der Waals surface area contributed by atoms with Crippen LogP contribution in [0.3, 0.4) is 0 Å². The molecule has 0 N–H and O–H groups in total. The van der Waals surface area contributed by atoms with E-state index < -0.39 is 5.82 Å². The van der Waals surface area contributed by atoms with E-state index in [-0.39, 0.29) is 11.5 Å². The Morgan fingerprint density at radius 2 is 1.79 bits per heavy atom. The van der Waals surface area contributed by atoms with Crippen LogP contribution in [0.25, 0.3) is 22.4 Å². The lowest BCUT2D eigenvalue weighted by molar-refractivity contribution is 0.0823. The number of carbonyl (C=O) groups excluding carboxylic acids is 1. The first-order valence-corrected chi connectivity index (χ1v) is 7.52. The molecule has 1 aromatic heterocycles. The molecule has 5 heteroatoms. The van der Waals surface area contributed by atoms with Crippen molar-refractivity contribution < 1.29 is 13.7 Å². The van der Waals surface area contributed by atoms with Crippen LogP contribution in [-0.4, -0.2) is 30.1 Å². The number of halogens is 1. The standard InChI is InChI=1S/C19H17FN2O2/c1-12-17(18(21-24-12)13-7-5-4-6-8-13)14-9-10-15(16(20)11-14)19(23)22(2)3/h4-11H,1-3H3. The number of aromatic nitrogens is 1. The Labute approximate surface area is 139 Å². The number of hydrogen-bond donors (Lipinski definition) is 0. The number of amides is 1. The van der Waals surface area contributed by atoms with Crippen molar-refractivity contribution in [3.63, 3.8) is 0 Å². The van der Waals surface area contributed by atoms with Gasteiger partial charge in [0.2, 0.25) is 0 Å². The molecule has 0 unspecified atom stereocenters. The second-order valence-electron chi connectivity index (χ2n) is 5.72. The third-order valence-electron chi connectivity index (χ3n) is 3.80. The van der Waals surface area contributed by atoms with Gasteiger partial charge in [0.05, 0.1) is 11.1 Å². The fraction of sp³-hybridized carbons (Fsp3) is 0.158. The molecule has 0 saturated carbocycles. The maximum Gasteiger partial charge on any atom is 0.256 e. The molecule has 1 amide bonds. The summed E-state index contributed by atoms with van der Waals surface area (Å²) < 4.78 is 19.7. The van der Waals surface area contributed by atoms with Crippen LogP contribution in [0.15, 0.2) is 53.1 Å². The van der Waals surface area contributed by atoms with Gasteiger partial charge in [-0.1, -0.05) is 41.6 Å². The number of benzene rings is 2. The van der Waals surface area contributed by atoms with Gasteiger partial charge in [-0.15, -0.1) is 0 Å². The predicted octanol–water partition coefficient (Wildman–Crippen LogP) is 4.16. The predicted molar refractivity (Wildman–Crippen MR) is 90.1 cm³/mol. The molecule has 0 atom stereocenters. The molecule has 0 aliphatic carbocycles. The Morgan fingerprint density at radius 3 is 2.42 bits per heavy atom. The molecular weight excluding hydrogens is 307 g/mol. The molecule has 0 aliphatic heterocycles. The summed E-state index contributed by atoms with van der Waals surface area (Å²) >= 11 is 0. The Hall–Kier alpha value is -2.95. The summed E-state index contributed by atoms with van der Waals surface area (Å²) in [5.41, 5.74) is 2.93. The maximum atomic E-state index is 14.4. The smallest absolute Gasteiger partial charge is 0.256 e. The summed E-state index contributed by atoms with van der Waals surface area (Å²) in [7, 11) is 3.18. The molecule has 0 bridgehead atoms. The summed E-state index contributed by atoms with van der Waals surface area (Å²) in [4.78, 5) is 13.3. The van der Waals surface area contributed by atoms with Gasteiger partial charge in [-0.3, -0.25) is 4.79 Å². The number of rotatable bonds is 3. The normalized spacial score (nSPS) is 10.7. The van der Waals surface area contributed by atoms with Crippen LogP contribution in [-0.2, 0) is 0 Å². The highest BCUT2D eigenvalue weighted by molar-refractivity contribution is 5.95. The zero-order chi connectivity index (χ0) is 17.3. The highest BCUT2D eigenvalue weighted by atomic mass is 19.1. The van der Waals surface area contributed by atoms with Gasteiger partial charge in [0.1, 0.15) is 17.3 Å². The number of hydrogen-bond acceptors (Lipinski definition) is 3. The first kappa shape index (κ1) is 15.9. The van der Waals surface area contributed by atoms with Gasteiger partial charge in [0, 0.05) is 19.7 Å². The van der Waals surface area contributed by atoms with Gasteiger partial charge >= 0.3 is 0 Å². The van der Waals surface area contributed by atoms with E-state index in [9.17, 15) is 9.18 Å². The number of aryl methyl sites for hydroxylation is 1. The molecule has 122 valence electrons. The average molecular weight is 324 g/mol. The molecule has 3 rings (SSSR count). The van der Waals surface area contributed by atoms with Crippen molar-refractivity contribution in [3.05, 3.63) is 65.7 Å². The van der Waals surface area contributed by atoms with E-state index in [1.165, 1.54) is 17.0 Å². The van der Waals surface area contributed by atoms with Gasteiger partial charge in [0.25, 0.3) is 5.91 Å². The monoisotopic (exact) mass is 324 g/mol. The van der Waals surface area contributed by atoms with Crippen molar-refractivity contribution in [3.8, 4) is 22.4 Å². The Kier molecular flexibility index (Phi) is 4.16. The third-order valence-corrected chi connectivity index (χ3v) is 3.80. The lowest BCUT2D eigenvalue weighted by Gasteiger charge is -2.12. The molecule has 24 heavy (non-hydrogen) atoms. The minimum absolute atomic E-state index is 0.0409. The third kappa shape index (κ3) is 2.80. The van der Waals surface area contributed by atoms with Gasteiger partial charge in [0.15, 0.2) is 0 Å². The minimum atomic E-state index is -0.564. The molecule has 0 aliphatic rings. The van der Waals surface area contributed by atoms with Crippen LogP contribution in [0, 0.1) is 12.7 Å². The van der Waals surface area contributed by atoms with Crippen molar-refractivity contribution in [2.24, 2.45) is 0 Å². The van der Waals surface area contributed by atoms with E-state index in [4.69, 9.17) is 4.52 Å². The Morgan fingerprint density at radius 1 is 1.08 bits per heavy atom. The molecule has 2 aromatic carbocycles. The average Bonchev–Trinajstić information content (AvgIpc) is 2.96. The molecule has 0 radical (unpaired) electrons. The molecule has 1 heterocycles. The Bertz CT molecular complexity index is 886. The summed E-state index contributed by atoms with van der Waals surface area (Å²) in [6, 6.07) is 14.1. The van der Waals surface area contributed by atoms with Crippen molar-refractivity contribution in [1.29, 1.82) is 0 Å². The van der Waals surface area contributed by atoms with E-state index in [0.717, 1.165) is 11.1 Å². The number of carbonyl (C=O) groups is 1. The molecular formula is C19H17FN2O2. The molecule has 0 saturated heterocycles. The molecule has 3 aromatic rings. The highest BCUT2D eigenvalue weighted by Crippen LogP contribution is 2.34. The Balaban J connectivity index is 2.09. The lowest BCUT2D eigenvalue weighted by atomic mass is 9.98. The van der Waals surface area contributed by atoms with Crippen LogP contribution < -0.4 is 0 Å². The minimum Gasteiger partial charge on any atom is -0.360 e. The highest BCUT2D eigenvalue weighted by Gasteiger charge is 2.20. The fourth-order valence-corrected chi connectivity index (χ4v) is 2.59. The van der Waals surface area contributed by atoms with Gasteiger partial charge in [-0.05, 0) is 24.6 Å². The van der Waals surface area contributed by atoms with Gasteiger partial charge in [-0.25, -0.2) is 4.39 Å². The molecule has 4 nitrogen and oxygen atoms in total. The van der Waals surface area contributed by atoms with Crippen LogP contribution >= 0.6 is 0 Å². The van der Waals surface area contributed by atoms with Crippen LogP contribution in [0.4, 0.5) is 4.39 Å². The first-order valence-electron chi connectivity index (χ1n) is 7.52. The van der Waals surface area contributed by atoms with Crippen molar-refractivity contribution in [2.45, 2.75) is 6.92 Å². The van der Waals surface area contributed by atoms with E-state index in [2.05, 4.69) is 5.16 Å². The van der Waals surface area contributed by atoms with Crippen molar-refractivity contribution in [2.75, 3.05) is 14.1 Å². The molecule has 0 fully saturated rings. The van der Waals surface area contributed by atoms with E-state index >= 15 is 0 Å². The van der Waals surface area contributed by atoms with Crippen molar-refractivity contribution >= 4 is 5.91 Å². The first-order chi connectivity index (χ1) is 11.5. The van der Waals surface area contributed by atoms with Crippen LogP contribution in [0.2, 0.25) is 0 Å². The number of nitrogens with zero attached hydrogens (tertiary/aromatic N) is 2. The summed E-state index contributed by atoms with van der Waals surface area (Å²) in [5.74, 6) is -0.338.